The van der Waals surface area contributed by atoms with E-state index in [4.69, 9.17) is 16.5 Å². The fourth-order valence-electron chi connectivity index (χ4n) is 4.37. The molecule has 29 heavy (non-hydrogen) atoms. The smallest absolute Gasteiger partial charge is 0.220 e. The van der Waals surface area contributed by atoms with Gasteiger partial charge in [0.15, 0.2) is 5.82 Å². The molecule has 0 atom stereocenters. The van der Waals surface area contributed by atoms with Crippen LogP contribution in [0.5, 0.6) is 0 Å². The number of hydrogen-bond acceptors (Lipinski definition) is 6. The standard InChI is InChI=1S/C21H22N6OS/c1-11-3-2-4-14-9-15(29-18(11)14)16-17-19(22)24-10-25-27(17)21(26-16)13-7-5-12(6-8-13)20(23)28/h2-4,9-10,12-13H,5-8H2,1H3,(H2,23,28)(H2,22,24,25). The Morgan fingerprint density at radius 3 is 2.76 bits per heavy atom. The minimum atomic E-state index is -0.204. The molecule has 0 aliphatic heterocycles. The molecule has 5 rings (SSSR count). The van der Waals surface area contributed by atoms with Crippen molar-refractivity contribution in [2.75, 3.05) is 5.73 Å². The third kappa shape index (κ3) is 2.95. The summed E-state index contributed by atoms with van der Waals surface area (Å²) in [7, 11) is 0. The third-order valence-corrected chi connectivity index (χ3v) is 7.25. The molecular formula is C21H22N6OS. The van der Waals surface area contributed by atoms with Gasteiger partial charge in [-0.05, 0) is 49.6 Å². The van der Waals surface area contributed by atoms with Crippen molar-refractivity contribution in [3.05, 3.63) is 42.0 Å². The first kappa shape index (κ1) is 18.1. The van der Waals surface area contributed by atoms with Gasteiger partial charge in [0.25, 0.3) is 0 Å². The molecule has 1 aliphatic rings. The van der Waals surface area contributed by atoms with Crippen LogP contribution in [0.4, 0.5) is 5.82 Å². The first-order chi connectivity index (χ1) is 14.0. The minimum absolute atomic E-state index is 0.0396. The Morgan fingerprint density at radius 2 is 2.03 bits per heavy atom. The quantitative estimate of drug-likeness (QED) is 0.539. The van der Waals surface area contributed by atoms with Gasteiger partial charge in [-0.3, -0.25) is 4.79 Å². The predicted octanol–water partition coefficient (Wildman–Crippen LogP) is 3.66. The number of aryl methyl sites for hydroxylation is 1. The minimum Gasteiger partial charge on any atom is -0.382 e. The fourth-order valence-corrected chi connectivity index (χ4v) is 5.49. The lowest BCUT2D eigenvalue weighted by Crippen LogP contribution is -2.27. The molecule has 0 spiro atoms. The summed E-state index contributed by atoms with van der Waals surface area (Å²) in [5.41, 5.74) is 14.6. The molecule has 148 valence electrons. The van der Waals surface area contributed by atoms with Gasteiger partial charge in [-0.25, -0.2) is 14.5 Å². The molecule has 8 heteroatoms. The lowest BCUT2D eigenvalue weighted by atomic mass is 9.81. The van der Waals surface area contributed by atoms with E-state index in [9.17, 15) is 4.79 Å². The highest BCUT2D eigenvalue weighted by molar-refractivity contribution is 7.22. The van der Waals surface area contributed by atoms with Crippen LogP contribution in [0.2, 0.25) is 0 Å². The number of thiophene rings is 1. The maximum Gasteiger partial charge on any atom is 0.220 e. The summed E-state index contributed by atoms with van der Waals surface area (Å²) in [5.74, 6) is 1.29. The Morgan fingerprint density at radius 1 is 1.24 bits per heavy atom. The number of primary amides is 1. The Hall–Kier alpha value is -3.00. The van der Waals surface area contributed by atoms with Gasteiger partial charge in [-0.15, -0.1) is 11.3 Å². The van der Waals surface area contributed by atoms with Crippen LogP contribution in [0.15, 0.2) is 30.6 Å². The van der Waals surface area contributed by atoms with E-state index in [0.717, 1.165) is 47.6 Å². The van der Waals surface area contributed by atoms with Crippen molar-refractivity contribution in [3.63, 3.8) is 0 Å². The van der Waals surface area contributed by atoms with E-state index in [1.54, 1.807) is 11.3 Å². The van der Waals surface area contributed by atoms with Gasteiger partial charge >= 0.3 is 0 Å². The second-order valence-corrected chi connectivity index (χ2v) is 8.83. The lowest BCUT2D eigenvalue weighted by Gasteiger charge is -2.25. The third-order valence-electron chi connectivity index (χ3n) is 5.96. The Bertz CT molecular complexity index is 1230. The van der Waals surface area contributed by atoms with Gasteiger partial charge in [-0.1, -0.05) is 18.2 Å². The van der Waals surface area contributed by atoms with Crippen LogP contribution in [-0.2, 0) is 4.79 Å². The summed E-state index contributed by atoms with van der Waals surface area (Å²) >= 11 is 1.72. The molecule has 1 aliphatic carbocycles. The van der Waals surface area contributed by atoms with Crippen LogP contribution in [-0.4, -0.2) is 25.5 Å². The van der Waals surface area contributed by atoms with Crippen LogP contribution in [0.3, 0.4) is 0 Å². The molecule has 0 saturated heterocycles. The van der Waals surface area contributed by atoms with Crippen molar-refractivity contribution >= 4 is 38.7 Å². The summed E-state index contributed by atoms with van der Waals surface area (Å²) in [6.45, 7) is 2.12. The van der Waals surface area contributed by atoms with Crippen molar-refractivity contribution in [2.45, 2.75) is 38.5 Å². The maximum atomic E-state index is 11.5. The largest absolute Gasteiger partial charge is 0.382 e. The average Bonchev–Trinajstić information content (AvgIpc) is 3.31. The van der Waals surface area contributed by atoms with E-state index in [-0.39, 0.29) is 17.7 Å². The predicted molar refractivity (Wildman–Crippen MR) is 115 cm³/mol. The topological polar surface area (TPSA) is 112 Å². The Kier molecular flexibility index (Phi) is 4.24. The summed E-state index contributed by atoms with van der Waals surface area (Å²) < 4.78 is 3.09. The van der Waals surface area contributed by atoms with Crippen LogP contribution in [0.1, 0.15) is 43.0 Å². The van der Waals surface area contributed by atoms with Crippen molar-refractivity contribution in [3.8, 4) is 10.6 Å². The number of anilines is 1. The number of rotatable bonds is 3. The lowest BCUT2D eigenvalue weighted by molar-refractivity contribution is -0.122. The highest BCUT2D eigenvalue weighted by Gasteiger charge is 2.30. The normalized spacial score (nSPS) is 19.8. The molecule has 0 bridgehead atoms. The zero-order chi connectivity index (χ0) is 20.1. The second kappa shape index (κ2) is 6.81. The second-order valence-electron chi connectivity index (χ2n) is 7.78. The van der Waals surface area contributed by atoms with E-state index < -0.39 is 0 Å². The molecule has 3 heterocycles. The number of aromatic nitrogens is 4. The molecule has 0 radical (unpaired) electrons. The molecular weight excluding hydrogens is 384 g/mol. The maximum absolute atomic E-state index is 11.5. The zero-order valence-corrected chi connectivity index (χ0v) is 16.9. The Balaban J connectivity index is 1.63. The number of benzene rings is 1. The number of carbonyl (C=O) groups excluding carboxylic acids is 1. The average molecular weight is 407 g/mol. The monoisotopic (exact) mass is 406 g/mol. The molecule has 0 unspecified atom stereocenters. The first-order valence-electron chi connectivity index (χ1n) is 9.81. The van der Waals surface area contributed by atoms with Crippen molar-refractivity contribution in [2.24, 2.45) is 11.7 Å². The molecule has 3 aromatic heterocycles. The molecule has 4 N–H and O–H groups in total. The van der Waals surface area contributed by atoms with Gasteiger partial charge < -0.3 is 11.5 Å². The molecule has 7 nitrogen and oxygen atoms in total. The van der Waals surface area contributed by atoms with Crippen molar-refractivity contribution in [1.29, 1.82) is 0 Å². The highest BCUT2D eigenvalue weighted by Crippen LogP contribution is 2.41. The summed E-state index contributed by atoms with van der Waals surface area (Å²) in [4.78, 5) is 21.8. The molecule has 1 saturated carbocycles. The van der Waals surface area contributed by atoms with Gasteiger partial charge in [0.1, 0.15) is 23.4 Å². The van der Waals surface area contributed by atoms with Crippen LogP contribution < -0.4 is 11.5 Å². The Labute approximate surface area is 171 Å². The van der Waals surface area contributed by atoms with Gasteiger partial charge in [-0.2, -0.15) is 5.10 Å². The van der Waals surface area contributed by atoms with Crippen molar-refractivity contribution < 1.29 is 4.79 Å². The molecule has 1 amide bonds. The van der Waals surface area contributed by atoms with Crippen LogP contribution >= 0.6 is 11.3 Å². The summed E-state index contributed by atoms with van der Waals surface area (Å²) in [6, 6.07) is 8.47. The SMILES string of the molecule is Cc1cccc2cc(-c3nc(C4CCC(C(N)=O)CC4)n4ncnc(N)c34)sc12. The number of fused-ring (bicyclic) bond motifs is 2. The molecule has 1 fully saturated rings. The number of nitrogen functional groups attached to an aromatic ring is 1. The zero-order valence-electron chi connectivity index (χ0n) is 16.1. The van der Waals surface area contributed by atoms with E-state index in [1.807, 2.05) is 4.52 Å². The number of nitrogens with zero attached hydrogens (tertiary/aromatic N) is 4. The van der Waals surface area contributed by atoms with E-state index >= 15 is 0 Å². The van der Waals surface area contributed by atoms with Gasteiger partial charge in [0.2, 0.25) is 5.91 Å². The summed E-state index contributed by atoms with van der Waals surface area (Å²) in [5, 5.41) is 5.66. The van der Waals surface area contributed by atoms with E-state index in [2.05, 4.69) is 41.3 Å². The number of nitrogens with two attached hydrogens (primary N) is 2. The fraction of sp³-hybridized carbons (Fsp3) is 0.333. The van der Waals surface area contributed by atoms with Crippen molar-refractivity contribution in [1.82, 2.24) is 19.6 Å². The number of imidazole rings is 1. The highest BCUT2D eigenvalue weighted by atomic mass is 32.1. The number of hydrogen-bond donors (Lipinski definition) is 2. The first-order valence-corrected chi connectivity index (χ1v) is 10.6. The van der Waals surface area contributed by atoms with E-state index in [1.165, 1.54) is 22.0 Å². The molecule has 1 aromatic carbocycles. The van der Waals surface area contributed by atoms with Crippen LogP contribution in [0.25, 0.3) is 26.2 Å². The molecule has 4 aromatic rings. The van der Waals surface area contributed by atoms with Crippen LogP contribution in [0, 0.1) is 12.8 Å². The van der Waals surface area contributed by atoms with Gasteiger partial charge in [0, 0.05) is 16.5 Å². The summed E-state index contributed by atoms with van der Waals surface area (Å²) in [6.07, 6.45) is 4.77. The number of amides is 1. The van der Waals surface area contributed by atoms with E-state index in [0.29, 0.717) is 5.82 Å². The number of carbonyl (C=O) groups is 1. The van der Waals surface area contributed by atoms with Gasteiger partial charge in [0.05, 0.1) is 4.88 Å².